The van der Waals surface area contributed by atoms with Crippen molar-refractivity contribution in [3.05, 3.63) is 39.7 Å². The van der Waals surface area contributed by atoms with Gasteiger partial charge in [0.2, 0.25) is 5.43 Å². The van der Waals surface area contributed by atoms with Crippen molar-refractivity contribution in [1.82, 2.24) is 4.57 Å². The van der Waals surface area contributed by atoms with Crippen LogP contribution in [0.3, 0.4) is 0 Å². The lowest BCUT2D eigenvalue weighted by Gasteiger charge is -2.22. The number of aromatic carboxylic acids is 1. The standard InChI is InChI=1S/C20H24F2N2O4/c1-4-6-28-15-10-24(8-11(15)3)18-14(21)7-12-17(16(18)22)23(5-2)9-13(19(12)25)20(26)27/h7,9,11,15H,4-6,8,10H2,1-3H3,(H,26,27). The number of anilines is 1. The number of ether oxygens (including phenoxy) is 1. The van der Waals surface area contributed by atoms with Crippen LogP contribution in [0.1, 0.15) is 37.6 Å². The lowest BCUT2D eigenvalue weighted by Crippen LogP contribution is -2.26. The minimum atomic E-state index is -1.43. The molecule has 2 unspecified atom stereocenters. The number of carboxylic acid groups (broad SMARTS) is 1. The Morgan fingerprint density at radius 2 is 2.04 bits per heavy atom. The SMILES string of the molecule is CCCOC1CN(c2c(F)cc3c(=O)c(C(=O)O)cn(CC)c3c2F)CC1C. The van der Waals surface area contributed by atoms with E-state index in [2.05, 4.69) is 0 Å². The van der Waals surface area contributed by atoms with Gasteiger partial charge in [-0.1, -0.05) is 13.8 Å². The van der Waals surface area contributed by atoms with Gasteiger partial charge in [0.25, 0.3) is 0 Å². The monoisotopic (exact) mass is 394 g/mol. The first-order valence-electron chi connectivity index (χ1n) is 9.45. The summed E-state index contributed by atoms with van der Waals surface area (Å²) in [5, 5.41) is 8.95. The summed E-state index contributed by atoms with van der Waals surface area (Å²) in [6, 6.07) is 0.944. The summed E-state index contributed by atoms with van der Waals surface area (Å²) < 4.78 is 37.4. The Hall–Kier alpha value is -2.48. The number of nitrogens with zero attached hydrogens (tertiary/aromatic N) is 2. The Morgan fingerprint density at radius 1 is 1.32 bits per heavy atom. The molecule has 6 nitrogen and oxygen atoms in total. The number of carbonyl (C=O) groups is 1. The molecule has 2 aromatic rings. The van der Waals surface area contributed by atoms with Gasteiger partial charge >= 0.3 is 5.97 Å². The fourth-order valence-corrected chi connectivity index (χ4v) is 3.77. The zero-order valence-electron chi connectivity index (χ0n) is 16.2. The second-order valence-corrected chi connectivity index (χ2v) is 7.17. The van der Waals surface area contributed by atoms with Crippen molar-refractivity contribution in [3.63, 3.8) is 0 Å². The highest BCUT2D eigenvalue weighted by Crippen LogP contribution is 2.34. The molecule has 1 aliphatic heterocycles. The Balaban J connectivity index is 2.15. The largest absolute Gasteiger partial charge is 0.477 e. The number of rotatable bonds is 6. The van der Waals surface area contributed by atoms with Gasteiger partial charge < -0.3 is 19.3 Å². The number of fused-ring (bicyclic) bond motifs is 1. The van der Waals surface area contributed by atoms with E-state index in [1.165, 1.54) is 4.57 Å². The van der Waals surface area contributed by atoms with Crippen molar-refractivity contribution in [1.29, 1.82) is 0 Å². The highest BCUT2D eigenvalue weighted by Gasteiger charge is 2.34. The second-order valence-electron chi connectivity index (χ2n) is 7.17. The van der Waals surface area contributed by atoms with E-state index in [-0.39, 0.29) is 35.2 Å². The number of carboxylic acids is 1. The Labute approximate surface area is 161 Å². The molecule has 152 valence electrons. The van der Waals surface area contributed by atoms with Crippen LogP contribution >= 0.6 is 0 Å². The zero-order chi connectivity index (χ0) is 20.6. The van der Waals surface area contributed by atoms with Gasteiger partial charge in [0, 0.05) is 38.4 Å². The lowest BCUT2D eigenvalue weighted by molar-refractivity contribution is 0.0436. The summed E-state index contributed by atoms with van der Waals surface area (Å²) in [7, 11) is 0. The molecule has 8 heteroatoms. The van der Waals surface area contributed by atoms with Crippen LogP contribution in [0, 0.1) is 17.6 Å². The van der Waals surface area contributed by atoms with Gasteiger partial charge in [0.1, 0.15) is 17.1 Å². The highest BCUT2D eigenvalue weighted by molar-refractivity contribution is 5.93. The molecule has 1 saturated heterocycles. The fourth-order valence-electron chi connectivity index (χ4n) is 3.77. The van der Waals surface area contributed by atoms with E-state index in [0.29, 0.717) is 19.7 Å². The summed E-state index contributed by atoms with van der Waals surface area (Å²) >= 11 is 0. The molecule has 2 heterocycles. The average molecular weight is 394 g/mol. The van der Waals surface area contributed by atoms with Crippen LogP contribution in [0.5, 0.6) is 0 Å². The maximum atomic E-state index is 15.4. The van der Waals surface area contributed by atoms with E-state index in [1.807, 2.05) is 13.8 Å². The number of halogens is 2. The third-order valence-corrected chi connectivity index (χ3v) is 5.20. The van der Waals surface area contributed by atoms with E-state index >= 15 is 4.39 Å². The van der Waals surface area contributed by atoms with Crippen molar-refractivity contribution in [2.24, 2.45) is 5.92 Å². The molecule has 3 rings (SSSR count). The van der Waals surface area contributed by atoms with Crippen LogP contribution < -0.4 is 10.3 Å². The highest BCUT2D eigenvalue weighted by atomic mass is 19.1. The third kappa shape index (κ3) is 3.37. The second kappa shape index (κ2) is 7.87. The fraction of sp³-hybridized carbons (Fsp3) is 0.500. The minimum Gasteiger partial charge on any atom is -0.477 e. The summed E-state index contributed by atoms with van der Waals surface area (Å²) in [6.07, 6.45) is 1.84. The maximum absolute atomic E-state index is 15.4. The first-order valence-corrected chi connectivity index (χ1v) is 9.45. The summed E-state index contributed by atoms with van der Waals surface area (Å²) in [6.45, 7) is 7.26. The molecule has 2 atom stereocenters. The summed E-state index contributed by atoms with van der Waals surface area (Å²) in [4.78, 5) is 25.4. The van der Waals surface area contributed by atoms with Crippen molar-refractivity contribution >= 4 is 22.6 Å². The molecule has 1 N–H and O–H groups in total. The maximum Gasteiger partial charge on any atom is 0.341 e. The smallest absolute Gasteiger partial charge is 0.341 e. The number of aromatic nitrogens is 1. The number of pyridine rings is 1. The lowest BCUT2D eigenvalue weighted by atomic mass is 10.1. The quantitative estimate of drug-likeness (QED) is 0.814. The van der Waals surface area contributed by atoms with Gasteiger partial charge in [0.15, 0.2) is 5.82 Å². The molecule has 0 bridgehead atoms. The number of hydrogen-bond donors (Lipinski definition) is 1. The van der Waals surface area contributed by atoms with E-state index in [0.717, 1.165) is 18.7 Å². The molecule has 0 amide bonds. The molecule has 0 saturated carbocycles. The average Bonchev–Trinajstić information content (AvgIpc) is 3.00. The molecule has 1 aliphatic rings. The van der Waals surface area contributed by atoms with Gasteiger partial charge in [0.05, 0.1) is 17.0 Å². The van der Waals surface area contributed by atoms with Crippen molar-refractivity contribution in [3.8, 4) is 0 Å². The Kier molecular flexibility index (Phi) is 5.69. The summed E-state index contributed by atoms with van der Waals surface area (Å²) in [5.74, 6) is -3.06. The molecule has 0 spiro atoms. The van der Waals surface area contributed by atoms with E-state index in [1.54, 1.807) is 11.8 Å². The summed E-state index contributed by atoms with van der Waals surface area (Å²) in [5.41, 5.74) is -1.69. The predicted octanol–water partition coefficient (Wildman–Crippen LogP) is 3.25. The van der Waals surface area contributed by atoms with Crippen LogP contribution in [0.25, 0.3) is 10.9 Å². The molecular weight excluding hydrogens is 370 g/mol. The van der Waals surface area contributed by atoms with Gasteiger partial charge in [-0.2, -0.15) is 0 Å². The van der Waals surface area contributed by atoms with Gasteiger partial charge in [-0.25, -0.2) is 13.6 Å². The van der Waals surface area contributed by atoms with E-state index in [4.69, 9.17) is 4.74 Å². The van der Waals surface area contributed by atoms with E-state index in [9.17, 15) is 19.1 Å². The van der Waals surface area contributed by atoms with Gasteiger partial charge in [-0.05, 0) is 19.4 Å². The molecule has 0 radical (unpaired) electrons. The Bertz CT molecular complexity index is 973. The molecular formula is C20H24F2N2O4. The zero-order valence-corrected chi connectivity index (χ0v) is 16.2. The normalized spacial score (nSPS) is 19.5. The first-order chi connectivity index (χ1) is 13.3. The predicted molar refractivity (Wildman–Crippen MR) is 102 cm³/mol. The van der Waals surface area contributed by atoms with Gasteiger partial charge in [-0.3, -0.25) is 4.79 Å². The number of benzene rings is 1. The van der Waals surface area contributed by atoms with Crippen molar-refractivity contribution in [2.45, 2.75) is 39.8 Å². The topological polar surface area (TPSA) is 71.8 Å². The molecule has 0 aliphatic carbocycles. The van der Waals surface area contributed by atoms with Crippen LogP contribution in [0.2, 0.25) is 0 Å². The van der Waals surface area contributed by atoms with Gasteiger partial charge in [-0.15, -0.1) is 0 Å². The van der Waals surface area contributed by atoms with Crippen LogP contribution in [-0.4, -0.2) is 41.4 Å². The minimum absolute atomic E-state index is 0.0838. The van der Waals surface area contributed by atoms with Crippen LogP contribution in [0.15, 0.2) is 17.1 Å². The van der Waals surface area contributed by atoms with Crippen LogP contribution in [-0.2, 0) is 11.3 Å². The molecule has 28 heavy (non-hydrogen) atoms. The van der Waals surface area contributed by atoms with Crippen LogP contribution in [0.4, 0.5) is 14.5 Å². The van der Waals surface area contributed by atoms with E-state index < -0.39 is 28.6 Å². The number of aryl methyl sites for hydroxylation is 1. The first kappa shape index (κ1) is 20.3. The number of hydrogen-bond acceptors (Lipinski definition) is 4. The Morgan fingerprint density at radius 3 is 2.64 bits per heavy atom. The third-order valence-electron chi connectivity index (χ3n) is 5.20. The molecule has 1 aromatic carbocycles. The van der Waals surface area contributed by atoms with Crippen molar-refractivity contribution in [2.75, 3.05) is 24.6 Å². The molecule has 1 aromatic heterocycles. The van der Waals surface area contributed by atoms with Crippen molar-refractivity contribution < 1.29 is 23.4 Å². The molecule has 1 fully saturated rings.